The number of halogens is 1. The van der Waals surface area contributed by atoms with Crippen molar-refractivity contribution in [2.45, 2.75) is 23.4 Å². The molecular formula is C19H16ClN3S. The minimum atomic E-state index is 0.553. The molecule has 0 aliphatic carbocycles. The third kappa shape index (κ3) is 3.59. The van der Waals surface area contributed by atoms with E-state index in [1.807, 2.05) is 28.8 Å². The molecule has 0 aliphatic rings. The summed E-state index contributed by atoms with van der Waals surface area (Å²) in [4.78, 5) is 1.09. The standard InChI is InChI=1S/C19H16ClN3S/c1-13-2-8-17(9-3-13)24-19-18(22)10-16(11-21)23(19)12-14-4-6-15(20)7-5-14/h2-10H,12,22H2,1H3. The lowest BCUT2D eigenvalue weighted by atomic mass is 10.2. The zero-order chi connectivity index (χ0) is 17.1. The van der Waals surface area contributed by atoms with Crippen LogP contribution in [-0.2, 0) is 6.54 Å². The second-order valence-electron chi connectivity index (χ2n) is 5.53. The van der Waals surface area contributed by atoms with Gasteiger partial charge in [0, 0.05) is 16.5 Å². The van der Waals surface area contributed by atoms with Crippen LogP contribution in [0.3, 0.4) is 0 Å². The average molecular weight is 354 g/mol. The van der Waals surface area contributed by atoms with Gasteiger partial charge in [0.1, 0.15) is 16.8 Å². The molecule has 0 saturated carbocycles. The number of rotatable bonds is 4. The third-order valence-electron chi connectivity index (χ3n) is 3.68. The molecule has 3 nitrogen and oxygen atoms in total. The molecule has 0 amide bonds. The number of aryl methyl sites for hydroxylation is 1. The number of aromatic nitrogens is 1. The molecule has 1 heterocycles. The molecule has 0 spiro atoms. The van der Waals surface area contributed by atoms with Gasteiger partial charge in [-0.1, -0.05) is 53.2 Å². The van der Waals surface area contributed by atoms with Crippen LogP contribution in [0.4, 0.5) is 5.69 Å². The summed E-state index contributed by atoms with van der Waals surface area (Å²) >= 11 is 7.51. The molecule has 24 heavy (non-hydrogen) atoms. The number of nitriles is 1. The van der Waals surface area contributed by atoms with Crippen LogP contribution in [0.2, 0.25) is 5.02 Å². The Balaban J connectivity index is 1.96. The lowest BCUT2D eigenvalue weighted by Gasteiger charge is -2.11. The van der Waals surface area contributed by atoms with Gasteiger partial charge in [0.05, 0.1) is 5.69 Å². The Hall–Kier alpha value is -2.35. The van der Waals surface area contributed by atoms with Gasteiger partial charge >= 0.3 is 0 Å². The maximum atomic E-state index is 9.42. The zero-order valence-corrected chi connectivity index (χ0v) is 14.7. The molecule has 120 valence electrons. The Bertz CT molecular complexity index is 890. The van der Waals surface area contributed by atoms with Crippen molar-refractivity contribution in [2.24, 2.45) is 0 Å². The first-order chi connectivity index (χ1) is 11.6. The van der Waals surface area contributed by atoms with Crippen LogP contribution < -0.4 is 5.73 Å². The predicted molar refractivity (Wildman–Crippen MR) is 99.4 cm³/mol. The van der Waals surface area contributed by atoms with Gasteiger partial charge in [0.2, 0.25) is 0 Å². The third-order valence-corrected chi connectivity index (χ3v) is 5.09. The largest absolute Gasteiger partial charge is 0.397 e. The van der Waals surface area contributed by atoms with E-state index in [4.69, 9.17) is 17.3 Å². The number of anilines is 1. The second-order valence-corrected chi connectivity index (χ2v) is 7.03. The smallest absolute Gasteiger partial charge is 0.123 e. The molecule has 1 aromatic heterocycles. The Kier molecular flexibility index (Phi) is 4.84. The number of nitrogens with two attached hydrogens (primary N) is 1. The van der Waals surface area contributed by atoms with Crippen LogP contribution in [0.15, 0.2) is 64.5 Å². The Morgan fingerprint density at radius 3 is 2.42 bits per heavy atom. The van der Waals surface area contributed by atoms with Crippen molar-refractivity contribution in [3.05, 3.63) is 76.4 Å². The van der Waals surface area contributed by atoms with Crippen molar-refractivity contribution >= 4 is 29.1 Å². The Morgan fingerprint density at radius 2 is 1.79 bits per heavy atom. The molecule has 0 radical (unpaired) electrons. The highest BCUT2D eigenvalue weighted by atomic mass is 35.5. The van der Waals surface area contributed by atoms with Crippen molar-refractivity contribution in [1.29, 1.82) is 5.26 Å². The molecule has 0 saturated heterocycles. The van der Waals surface area contributed by atoms with E-state index in [1.54, 1.807) is 17.8 Å². The highest BCUT2D eigenvalue weighted by Crippen LogP contribution is 2.35. The van der Waals surface area contributed by atoms with Gasteiger partial charge in [-0.25, -0.2) is 0 Å². The summed E-state index contributed by atoms with van der Waals surface area (Å²) in [5.41, 5.74) is 9.61. The van der Waals surface area contributed by atoms with Crippen molar-refractivity contribution in [2.75, 3.05) is 5.73 Å². The molecule has 3 rings (SSSR count). The summed E-state index contributed by atoms with van der Waals surface area (Å²) in [5.74, 6) is 0. The second kappa shape index (κ2) is 7.04. The Morgan fingerprint density at radius 1 is 1.12 bits per heavy atom. The lowest BCUT2D eigenvalue weighted by molar-refractivity contribution is 0.725. The molecule has 5 heteroatoms. The van der Waals surface area contributed by atoms with E-state index in [0.29, 0.717) is 22.9 Å². The van der Waals surface area contributed by atoms with E-state index >= 15 is 0 Å². The van der Waals surface area contributed by atoms with E-state index in [1.165, 1.54) is 5.56 Å². The van der Waals surface area contributed by atoms with Gasteiger partial charge in [-0.15, -0.1) is 0 Å². The number of hydrogen-bond acceptors (Lipinski definition) is 3. The number of hydrogen-bond donors (Lipinski definition) is 1. The highest BCUT2D eigenvalue weighted by molar-refractivity contribution is 7.99. The van der Waals surface area contributed by atoms with Crippen LogP contribution >= 0.6 is 23.4 Å². The fraction of sp³-hybridized carbons (Fsp3) is 0.105. The topological polar surface area (TPSA) is 54.7 Å². The maximum absolute atomic E-state index is 9.42. The Labute approximate surface area is 150 Å². The predicted octanol–water partition coefficient (Wildman–Crippen LogP) is 5.10. The first-order valence-electron chi connectivity index (χ1n) is 7.45. The molecule has 0 atom stereocenters. The van der Waals surface area contributed by atoms with Crippen molar-refractivity contribution in [3.63, 3.8) is 0 Å². The van der Waals surface area contributed by atoms with E-state index < -0.39 is 0 Å². The highest BCUT2D eigenvalue weighted by Gasteiger charge is 2.15. The van der Waals surface area contributed by atoms with E-state index in [2.05, 4.69) is 37.3 Å². The van der Waals surface area contributed by atoms with Gasteiger partial charge in [-0.05, 0) is 42.8 Å². The van der Waals surface area contributed by atoms with Gasteiger partial charge in [0.15, 0.2) is 0 Å². The summed E-state index contributed by atoms with van der Waals surface area (Å²) < 4.78 is 1.95. The normalized spacial score (nSPS) is 10.5. The first kappa shape index (κ1) is 16.5. The summed E-state index contributed by atoms with van der Waals surface area (Å²) in [5, 5.41) is 11.0. The van der Waals surface area contributed by atoms with Gasteiger partial charge in [-0.2, -0.15) is 5.26 Å². The van der Waals surface area contributed by atoms with E-state index in [9.17, 15) is 5.26 Å². The first-order valence-corrected chi connectivity index (χ1v) is 8.64. The summed E-state index contributed by atoms with van der Waals surface area (Å²) in [6.45, 7) is 2.63. The van der Waals surface area contributed by atoms with E-state index in [-0.39, 0.29) is 0 Å². The average Bonchev–Trinajstić information content (AvgIpc) is 2.87. The molecule has 0 unspecified atom stereocenters. The number of nitrogens with zero attached hydrogens (tertiary/aromatic N) is 2. The zero-order valence-electron chi connectivity index (χ0n) is 13.2. The maximum Gasteiger partial charge on any atom is 0.123 e. The van der Waals surface area contributed by atoms with Crippen molar-refractivity contribution < 1.29 is 0 Å². The quantitative estimate of drug-likeness (QED) is 0.709. The minimum Gasteiger partial charge on any atom is -0.397 e. The van der Waals surface area contributed by atoms with Gasteiger partial charge < -0.3 is 10.3 Å². The molecule has 0 bridgehead atoms. The fourth-order valence-electron chi connectivity index (χ4n) is 2.41. The van der Waals surface area contributed by atoms with Crippen LogP contribution in [0.25, 0.3) is 0 Å². The minimum absolute atomic E-state index is 0.553. The molecular weight excluding hydrogens is 338 g/mol. The molecule has 2 N–H and O–H groups in total. The fourth-order valence-corrected chi connectivity index (χ4v) is 3.48. The number of nitrogen functional groups attached to an aromatic ring is 1. The van der Waals surface area contributed by atoms with Gasteiger partial charge in [0.25, 0.3) is 0 Å². The van der Waals surface area contributed by atoms with Crippen LogP contribution in [0.1, 0.15) is 16.8 Å². The monoisotopic (exact) mass is 353 g/mol. The summed E-state index contributed by atoms with van der Waals surface area (Å²) in [6.07, 6.45) is 0. The van der Waals surface area contributed by atoms with Crippen LogP contribution in [-0.4, -0.2) is 4.57 Å². The van der Waals surface area contributed by atoms with Crippen molar-refractivity contribution in [1.82, 2.24) is 4.57 Å². The van der Waals surface area contributed by atoms with Gasteiger partial charge in [-0.3, -0.25) is 0 Å². The molecule has 0 aliphatic heterocycles. The summed E-state index contributed by atoms with van der Waals surface area (Å²) in [6, 6.07) is 19.8. The molecule has 0 fully saturated rings. The lowest BCUT2D eigenvalue weighted by Crippen LogP contribution is -2.04. The van der Waals surface area contributed by atoms with Crippen LogP contribution in [0, 0.1) is 18.3 Å². The van der Waals surface area contributed by atoms with Crippen LogP contribution in [0.5, 0.6) is 0 Å². The summed E-state index contributed by atoms with van der Waals surface area (Å²) in [7, 11) is 0. The van der Waals surface area contributed by atoms with E-state index in [0.717, 1.165) is 15.5 Å². The number of benzene rings is 2. The van der Waals surface area contributed by atoms with Crippen molar-refractivity contribution in [3.8, 4) is 6.07 Å². The molecule has 2 aromatic carbocycles. The molecule has 3 aromatic rings. The SMILES string of the molecule is Cc1ccc(Sc2c(N)cc(C#N)n2Cc2ccc(Cl)cc2)cc1.